The zero-order valence-electron chi connectivity index (χ0n) is 13.4. The van der Waals surface area contributed by atoms with Gasteiger partial charge in [-0.15, -0.1) is 0 Å². The molecular weight excluding hydrogens is 294 g/mol. The van der Waals surface area contributed by atoms with Crippen molar-refractivity contribution in [1.29, 1.82) is 0 Å². The largest absolute Gasteiger partial charge is 0.494 e. The van der Waals surface area contributed by atoms with E-state index in [1.165, 1.54) is 18.4 Å². The molecule has 0 aliphatic rings. The Labute approximate surface area is 138 Å². The predicted octanol–water partition coefficient (Wildman–Crippen LogP) is 5.83. The van der Waals surface area contributed by atoms with Gasteiger partial charge < -0.3 is 10.1 Å². The standard InChI is InChI=1S/C19H24ClNO/c1-3-4-5-12-22-18-10-7-16(8-11-18)14-21-17-9-6-15(2)19(20)13-17/h6-11,13,21H,3-5,12,14H2,1-2H3. The summed E-state index contributed by atoms with van der Waals surface area (Å²) < 4.78 is 5.72. The summed E-state index contributed by atoms with van der Waals surface area (Å²) in [6.07, 6.45) is 3.56. The Morgan fingerprint density at radius 1 is 1.05 bits per heavy atom. The van der Waals surface area contributed by atoms with Crippen molar-refractivity contribution in [2.24, 2.45) is 0 Å². The summed E-state index contributed by atoms with van der Waals surface area (Å²) >= 11 is 6.13. The molecular formula is C19H24ClNO. The molecule has 2 aromatic carbocycles. The highest BCUT2D eigenvalue weighted by Gasteiger charge is 1.99. The van der Waals surface area contributed by atoms with Crippen molar-refractivity contribution in [3.8, 4) is 5.75 Å². The Kier molecular flexibility index (Phi) is 6.60. The van der Waals surface area contributed by atoms with Gasteiger partial charge in [0.15, 0.2) is 0 Å². The first-order chi connectivity index (χ1) is 10.7. The molecule has 0 fully saturated rings. The average molecular weight is 318 g/mol. The molecule has 118 valence electrons. The van der Waals surface area contributed by atoms with Crippen LogP contribution in [0.15, 0.2) is 42.5 Å². The van der Waals surface area contributed by atoms with Crippen molar-refractivity contribution in [3.05, 3.63) is 58.6 Å². The van der Waals surface area contributed by atoms with Crippen LogP contribution >= 0.6 is 11.6 Å². The van der Waals surface area contributed by atoms with Gasteiger partial charge in [0.25, 0.3) is 0 Å². The quantitative estimate of drug-likeness (QED) is 0.618. The number of hydrogen-bond donors (Lipinski definition) is 1. The van der Waals surface area contributed by atoms with E-state index in [2.05, 4.69) is 24.4 Å². The molecule has 0 amide bonds. The molecule has 0 saturated heterocycles. The number of hydrogen-bond acceptors (Lipinski definition) is 2. The van der Waals surface area contributed by atoms with Crippen molar-refractivity contribution in [2.75, 3.05) is 11.9 Å². The predicted molar refractivity (Wildman–Crippen MR) is 95.0 cm³/mol. The lowest BCUT2D eigenvalue weighted by Crippen LogP contribution is -2.00. The molecule has 0 spiro atoms. The Balaban J connectivity index is 1.82. The van der Waals surface area contributed by atoms with Crippen LogP contribution in [-0.4, -0.2) is 6.61 Å². The van der Waals surface area contributed by atoms with Crippen LogP contribution in [0, 0.1) is 6.92 Å². The fourth-order valence-electron chi connectivity index (χ4n) is 2.15. The third kappa shape index (κ3) is 5.27. The second-order valence-corrected chi connectivity index (χ2v) is 5.92. The smallest absolute Gasteiger partial charge is 0.119 e. The summed E-state index contributed by atoms with van der Waals surface area (Å²) in [6, 6.07) is 14.3. The fourth-order valence-corrected chi connectivity index (χ4v) is 2.33. The number of aryl methyl sites for hydroxylation is 1. The van der Waals surface area contributed by atoms with Crippen LogP contribution in [0.2, 0.25) is 5.02 Å². The van der Waals surface area contributed by atoms with E-state index in [0.717, 1.165) is 41.6 Å². The summed E-state index contributed by atoms with van der Waals surface area (Å²) in [7, 11) is 0. The van der Waals surface area contributed by atoms with Crippen LogP contribution in [0.1, 0.15) is 37.3 Å². The topological polar surface area (TPSA) is 21.3 Å². The zero-order chi connectivity index (χ0) is 15.8. The highest BCUT2D eigenvalue weighted by molar-refractivity contribution is 6.31. The van der Waals surface area contributed by atoms with Crippen LogP contribution in [-0.2, 0) is 6.54 Å². The molecule has 2 nitrogen and oxygen atoms in total. The fraction of sp³-hybridized carbons (Fsp3) is 0.368. The Hall–Kier alpha value is -1.67. The molecule has 0 unspecified atom stereocenters. The Morgan fingerprint density at radius 2 is 1.82 bits per heavy atom. The summed E-state index contributed by atoms with van der Waals surface area (Å²) in [5.74, 6) is 0.943. The first-order valence-electron chi connectivity index (χ1n) is 7.91. The van der Waals surface area contributed by atoms with Gasteiger partial charge in [0.2, 0.25) is 0 Å². The monoisotopic (exact) mass is 317 g/mol. The summed E-state index contributed by atoms with van der Waals surface area (Å²) in [4.78, 5) is 0. The lowest BCUT2D eigenvalue weighted by Gasteiger charge is -2.09. The molecule has 2 rings (SSSR count). The first kappa shape index (κ1) is 16.7. The van der Waals surface area contributed by atoms with Crippen molar-refractivity contribution in [2.45, 2.75) is 39.7 Å². The van der Waals surface area contributed by atoms with Crippen molar-refractivity contribution in [1.82, 2.24) is 0 Å². The Morgan fingerprint density at radius 3 is 2.50 bits per heavy atom. The lowest BCUT2D eigenvalue weighted by molar-refractivity contribution is 0.306. The van der Waals surface area contributed by atoms with Gasteiger partial charge in [0, 0.05) is 17.3 Å². The van der Waals surface area contributed by atoms with Crippen LogP contribution in [0.5, 0.6) is 5.75 Å². The van der Waals surface area contributed by atoms with E-state index in [1.807, 2.05) is 37.3 Å². The van der Waals surface area contributed by atoms with Crippen LogP contribution in [0.25, 0.3) is 0 Å². The maximum Gasteiger partial charge on any atom is 0.119 e. The zero-order valence-corrected chi connectivity index (χ0v) is 14.1. The number of ether oxygens (including phenoxy) is 1. The van der Waals surface area contributed by atoms with E-state index in [0.29, 0.717) is 0 Å². The number of unbranched alkanes of at least 4 members (excludes halogenated alkanes) is 2. The molecule has 1 N–H and O–H groups in total. The molecule has 0 atom stereocenters. The van der Waals surface area contributed by atoms with Gasteiger partial charge in [-0.2, -0.15) is 0 Å². The molecule has 0 aliphatic carbocycles. The van der Waals surface area contributed by atoms with Gasteiger partial charge in [0.05, 0.1) is 6.61 Å². The third-order valence-electron chi connectivity index (χ3n) is 3.61. The summed E-state index contributed by atoms with van der Waals surface area (Å²) in [5.41, 5.74) is 3.35. The molecule has 3 heteroatoms. The molecule has 0 saturated carbocycles. The summed E-state index contributed by atoms with van der Waals surface area (Å²) in [6.45, 7) is 5.77. The van der Waals surface area contributed by atoms with Gasteiger partial charge >= 0.3 is 0 Å². The van der Waals surface area contributed by atoms with Gasteiger partial charge in [-0.1, -0.05) is 49.6 Å². The number of benzene rings is 2. The molecule has 0 aliphatic heterocycles. The maximum absolute atomic E-state index is 6.13. The van der Waals surface area contributed by atoms with Crippen LogP contribution in [0.3, 0.4) is 0 Å². The molecule has 2 aromatic rings. The highest BCUT2D eigenvalue weighted by atomic mass is 35.5. The van der Waals surface area contributed by atoms with E-state index in [-0.39, 0.29) is 0 Å². The second-order valence-electron chi connectivity index (χ2n) is 5.52. The lowest BCUT2D eigenvalue weighted by atomic mass is 10.2. The van der Waals surface area contributed by atoms with Crippen molar-refractivity contribution in [3.63, 3.8) is 0 Å². The van der Waals surface area contributed by atoms with Crippen molar-refractivity contribution >= 4 is 17.3 Å². The van der Waals surface area contributed by atoms with Gasteiger partial charge in [-0.25, -0.2) is 0 Å². The minimum absolute atomic E-state index is 0.773. The first-order valence-corrected chi connectivity index (χ1v) is 8.28. The minimum atomic E-state index is 0.773. The minimum Gasteiger partial charge on any atom is -0.494 e. The Bertz CT molecular complexity index is 580. The van der Waals surface area contributed by atoms with Crippen LogP contribution in [0.4, 0.5) is 5.69 Å². The van der Waals surface area contributed by atoms with E-state index in [9.17, 15) is 0 Å². The van der Waals surface area contributed by atoms with Gasteiger partial charge in [0.1, 0.15) is 5.75 Å². The van der Waals surface area contributed by atoms with E-state index >= 15 is 0 Å². The maximum atomic E-state index is 6.13. The van der Waals surface area contributed by atoms with E-state index < -0.39 is 0 Å². The number of anilines is 1. The number of rotatable bonds is 8. The summed E-state index contributed by atoms with van der Waals surface area (Å²) in [5, 5.41) is 4.18. The number of nitrogens with one attached hydrogen (secondary N) is 1. The van der Waals surface area contributed by atoms with Crippen LogP contribution < -0.4 is 10.1 Å². The third-order valence-corrected chi connectivity index (χ3v) is 4.02. The SMILES string of the molecule is CCCCCOc1ccc(CNc2ccc(C)c(Cl)c2)cc1. The van der Waals surface area contributed by atoms with E-state index in [4.69, 9.17) is 16.3 Å². The van der Waals surface area contributed by atoms with E-state index in [1.54, 1.807) is 0 Å². The van der Waals surface area contributed by atoms with Crippen molar-refractivity contribution < 1.29 is 4.74 Å². The normalized spacial score (nSPS) is 10.5. The van der Waals surface area contributed by atoms with Gasteiger partial charge in [-0.3, -0.25) is 0 Å². The number of halogens is 1. The van der Waals surface area contributed by atoms with Gasteiger partial charge in [-0.05, 0) is 48.7 Å². The molecule has 0 radical (unpaired) electrons. The molecule has 0 heterocycles. The highest BCUT2D eigenvalue weighted by Crippen LogP contribution is 2.21. The molecule has 22 heavy (non-hydrogen) atoms. The second kappa shape index (κ2) is 8.70. The average Bonchev–Trinajstić information content (AvgIpc) is 2.54. The molecule has 0 aromatic heterocycles. The molecule has 0 bridgehead atoms.